The number of carbonyl (C=O) groups is 1. The lowest BCUT2D eigenvalue weighted by Crippen LogP contribution is -2.27. The molecule has 1 atom stereocenters. The van der Waals surface area contributed by atoms with Crippen LogP contribution in [0.5, 0.6) is 0 Å². The number of aryl methyl sites for hydroxylation is 1. The molecule has 2 heterocycles. The predicted octanol–water partition coefficient (Wildman–Crippen LogP) is 4.77. The SMILES string of the molecule is Cc1ccc(Cl)cc1NC(=O)c1ccnc(N2c3ccccc3CC2C)n1. The summed E-state index contributed by atoms with van der Waals surface area (Å²) < 4.78 is 0. The third-order valence-corrected chi connectivity index (χ3v) is 4.98. The Kier molecular flexibility index (Phi) is 4.54. The molecule has 1 aliphatic heterocycles. The molecule has 1 aliphatic rings. The van der Waals surface area contributed by atoms with Crippen LogP contribution in [0.2, 0.25) is 5.02 Å². The summed E-state index contributed by atoms with van der Waals surface area (Å²) in [4.78, 5) is 23.7. The molecule has 5 nitrogen and oxygen atoms in total. The molecule has 27 heavy (non-hydrogen) atoms. The maximum Gasteiger partial charge on any atom is 0.274 e. The summed E-state index contributed by atoms with van der Waals surface area (Å²) in [5, 5.41) is 3.45. The highest BCUT2D eigenvalue weighted by Gasteiger charge is 2.29. The number of nitrogens with one attached hydrogen (secondary N) is 1. The number of carbonyl (C=O) groups excluding carboxylic acids is 1. The van der Waals surface area contributed by atoms with E-state index in [4.69, 9.17) is 11.6 Å². The molecular formula is C21H19ClN4O. The fraction of sp³-hybridized carbons (Fsp3) is 0.190. The van der Waals surface area contributed by atoms with E-state index in [0.717, 1.165) is 17.7 Å². The standard InChI is InChI=1S/C21H19ClN4O/c1-13-7-8-16(22)12-18(13)24-20(27)17-9-10-23-21(25-17)26-14(2)11-15-5-3-4-6-19(15)26/h3-10,12,14H,11H2,1-2H3,(H,24,27). The number of anilines is 3. The number of hydrogen-bond donors (Lipinski definition) is 1. The van der Waals surface area contributed by atoms with Crippen LogP contribution in [-0.2, 0) is 6.42 Å². The lowest BCUT2D eigenvalue weighted by Gasteiger charge is -2.22. The first-order chi connectivity index (χ1) is 13.0. The third kappa shape index (κ3) is 3.38. The van der Waals surface area contributed by atoms with Crippen LogP contribution in [0.4, 0.5) is 17.3 Å². The van der Waals surface area contributed by atoms with E-state index in [-0.39, 0.29) is 11.9 Å². The summed E-state index contributed by atoms with van der Waals surface area (Å²) in [6, 6.07) is 15.5. The number of benzene rings is 2. The average Bonchev–Trinajstić information content (AvgIpc) is 3.00. The fourth-order valence-corrected chi connectivity index (χ4v) is 3.55. The number of para-hydroxylation sites is 1. The van der Waals surface area contributed by atoms with Crippen LogP contribution < -0.4 is 10.2 Å². The summed E-state index contributed by atoms with van der Waals surface area (Å²) in [5.41, 5.74) is 4.28. The molecule has 0 saturated heterocycles. The second-order valence-electron chi connectivity index (χ2n) is 6.71. The number of fused-ring (bicyclic) bond motifs is 1. The van der Waals surface area contributed by atoms with Gasteiger partial charge in [-0.2, -0.15) is 0 Å². The van der Waals surface area contributed by atoms with E-state index in [2.05, 4.69) is 39.2 Å². The van der Waals surface area contributed by atoms with Crippen LogP contribution in [-0.4, -0.2) is 21.9 Å². The van der Waals surface area contributed by atoms with Gasteiger partial charge in [0.25, 0.3) is 5.91 Å². The van der Waals surface area contributed by atoms with Crippen molar-refractivity contribution in [1.29, 1.82) is 0 Å². The molecule has 0 aliphatic carbocycles. The minimum atomic E-state index is -0.288. The van der Waals surface area contributed by atoms with Crippen molar-refractivity contribution in [3.63, 3.8) is 0 Å². The molecule has 2 aromatic carbocycles. The van der Waals surface area contributed by atoms with Crippen molar-refractivity contribution >= 4 is 34.8 Å². The Bertz CT molecular complexity index is 1020. The molecule has 1 unspecified atom stereocenters. The maximum absolute atomic E-state index is 12.7. The fourth-order valence-electron chi connectivity index (χ4n) is 3.38. The van der Waals surface area contributed by atoms with Gasteiger partial charge in [0.1, 0.15) is 5.69 Å². The molecule has 0 saturated carbocycles. The molecule has 3 aromatic rings. The van der Waals surface area contributed by atoms with Crippen LogP contribution in [0.25, 0.3) is 0 Å². The normalized spacial score (nSPS) is 15.5. The van der Waals surface area contributed by atoms with Gasteiger partial charge in [-0.1, -0.05) is 35.9 Å². The van der Waals surface area contributed by atoms with Crippen molar-refractivity contribution < 1.29 is 4.79 Å². The minimum absolute atomic E-state index is 0.232. The molecule has 0 radical (unpaired) electrons. The van der Waals surface area contributed by atoms with Gasteiger partial charge in [0.05, 0.1) is 0 Å². The number of aromatic nitrogens is 2. The molecule has 0 bridgehead atoms. The lowest BCUT2D eigenvalue weighted by atomic mass is 10.1. The number of amides is 1. The maximum atomic E-state index is 12.7. The van der Waals surface area contributed by atoms with E-state index >= 15 is 0 Å². The zero-order valence-corrected chi connectivity index (χ0v) is 15.9. The molecule has 4 rings (SSSR count). The van der Waals surface area contributed by atoms with Crippen LogP contribution in [0, 0.1) is 6.92 Å². The first-order valence-electron chi connectivity index (χ1n) is 8.80. The summed E-state index contributed by atoms with van der Waals surface area (Å²) in [6.45, 7) is 4.05. The van der Waals surface area contributed by atoms with Crippen molar-refractivity contribution in [3.05, 3.63) is 76.6 Å². The number of nitrogens with zero attached hydrogens (tertiary/aromatic N) is 3. The lowest BCUT2D eigenvalue weighted by molar-refractivity contribution is 0.102. The molecule has 136 valence electrons. The zero-order valence-electron chi connectivity index (χ0n) is 15.1. The number of rotatable bonds is 3. The predicted molar refractivity (Wildman–Crippen MR) is 108 cm³/mol. The highest BCUT2D eigenvalue weighted by Crippen LogP contribution is 2.36. The molecule has 6 heteroatoms. The summed E-state index contributed by atoms with van der Waals surface area (Å²) in [6.07, 6.45) is 2.55. The Balaban J connectivity index is 1.63. The van der Waals surface area contributed by atoms with Crippen molar-refractivity contribution in [1.82, 2.24) is 9.97 Å². The van der Waals surface area contributed by atoms with Crippen LogP contribution in [0.1, 0.15) is 28.5 Å². The second-order valence-corrected chi connectivity index (χ2v) is 7.14. The third-order valence-electron chi connectivity index (χ3n) is 4.75. The van der Waals surface area contributed by atoms with Gasteiger partial charge in [0, 0.05) is 28.6 Å². The van der Waals surface area contributed by atoms with E-state index in [0.29, 0.717) is 22.4 Å². The number of halogens is 1. The van der Waals surface area contributed by atoms with Gasteiger partial charge in [-0.3, -0.25) is 4.79 Å². The van der Waals surface area contributed by atoms with Gasteiger partial charge in [-0.15, -0.1) is 0 Å². The van der Waals surface area contributed by atoms with E-state index < -0.39 is 0 Å². The molecule has 1 aromatic heterocycles. The Morgan fingerprint density at radius 3 is 2.89 bits per heavy atom. The highest BCUT2D eigenvalue weighted by atomic mass is 35.5. The summed E-state index contributed by atoms with van der Waals surface area (Å²) >= 11 is 6.04. The Morgan fingerprint density at radius 2 is 2.04 bits per heavy atom. The van der Waals surface area contributed by atoms with E-state index in [1.807, 2.05) is 25.1 Å². The number of hydrogen-bond acceptors (Lipinski definition) is 4. The highest BCUT2D eigenvalue weighted by molar-refractivity contribution is 6.31. The minimum Gasteiger partial charge on any atom is -0.320 e. The van der Waals surface area contributed by atoms with Crippen molar-refractivity contribution in [2.45, 2.75) is 26.3 Å². The Morgan fingerprint density at radius 1 is 1.22 bits per heavy atom. The van der Waals surface area contributed by atoms with Crippen LogP contribution in [0.3, 0.4) is 0 Å². The summed E-state index contributed by atoms with van der Waals surface area (Å²) in [5.74, 6) is 0.243. The van der Waals surface area contributed by atoms with Crippen molar-refractivity contribution in [3.8, 4) is 0 Å². The van der Waals surface area contributed by atoms with Crippen molar-refractivity contribution in [2.24, 2.45) is 0 Å². The average molecular weight is 379 g/mol. The van der Waals surface area contributed by atoms with E-state index in [1.54, 1.807) is 24.4 Å². The molecule has 0 fully saturated rings. The van der Waals surface area contributed by atoms with E-state index in [9.17, 15) is 4.79 Å². The van der Waals surface area contributed by atoms with Gasteiger partial charge in [-0.05, 0) is 55.7 Å². The monoisotopic (exact) mass is 378 g/mol. The molecular weight excluding hydrogens is 360 g/mol. The van der Waals surface area contributed by atoms with Gasteiger partial charge >= 0.3 is 0 Å². The van der Waals surface area contributed by atoms with Crippen molar-refractivity contribution in [2.75, 3.05) is 10.2 Å². The quantitative estimate of drug-likeness (QED) is 0.713. The zero-order chi connectivity index (χ0) is 19.0. The van der Waals surface area contributed by atoms with Crippen LogP contribution in [0.15, 0.2) is 54.7 Å². The molecule has 1 N–H and O–H groups in total. The van der Waals surface area contributed by atoms with Gasteiger partial charge in [0.2, 0.25) is 5.95 Å². The molecule has 1 amide bonds. The molecule has 0 spiro atoms. The van der Waals surface area contributed by atoms with E-state index in [1.165, 1.54) is 5.56 Å². The topological polar surface area (TPSA) is 58.1 Å². The second kappa shape index (κ2) is 7.00. The summed E-state index contributed by atoms with van der Waals surface area (Å²) in [7, 11) is 0. The first-order valence-corrected chi connectivity index (χ1v) is 9.18. The first kappa shape index (κ1) is 17.5. The van der Waals surface area contributed by atoms with Crippen LogP contribution >= 0.6 is 11.6 Å². The largest absolute Gasteiger partial charge is 0.320 e. The van der Waals surface area contributed by atoms with Gasteiger partial charge < -0.3 is 10.2 Å². The smallest absolute Gasteiger partial charge is 0.274 e. The Labute approximate surface area is 163 Å². The Hall–Kier alpha value is -2.92. The van der Waals surface area contributed by atoms with Gasteiger partial charge in [-0.25, -0.2) is 9.97 Å². The van der Waals surface area contributed by atoms with Gasteiger partial charge in [0.15, 0.2) is 0 Å².